The first-order valence-corrected chi connectivity index (χ1v) is 6.01. The monoisotopic (exact) mass is 284 g/mol. The lowest BCUT2D eigenvalue weighted by atomic mass is 10.2. The van der Waals surface area contributed by atoms with Gasteiger partial charge in [0.15, 0.2) is 0 Å². The van der Waals surface area contributed by atoms with Crippen LogP contribution >= 0.6 is 12.4 Å². The number of phenolic OH excluding ortho intramolecular Hbond substituents is 1. The summed E-state index contributed by atoms with van der Waals surface area (Å²) in [5.74, 6) is 0.200. The van der Waals surface area contributed by atoms with Crippen LogP contribution < -0.4 is 0 Å². The van der Waals surface area contributed by atoms with Crippen LogP contribution in [0.1, 0.15) is 11.4 Å². The van der Waals surface area contributed by atoms with Gasteiger partial charge in [0, 0.05) is 11.6 Å². The molecule has 0 saturated heterocycles. The maximum atomic E-state index is 9.78. The van der Waals surface area contributed by atoms with E-state index in [1.165, 1.54) is 0 Å². The number of para-hydroxylation sites is 1. The maximum Gasteiger partial charge on any atom is 0.141 e. The average Bonchev–Trinajstić information content (AvgIpc) is 2.47. The quantitative estimate of drug-likeness (QED) is 0.775. The summed E-state index contributed by atoms with van der Waals surface area (Å²) in [6.45, 7) is 0. The average molecular weight is 285 g/mol. The third-order valence-corrected chi connectivity index (χ3v) is 2.83. The summed E-state index contributed by atoms with van der Waals surface area (Å²) < 4.78 is 0. The standard InChI is InChI=1S/C16H12N2O.ClH/c19-15-6-3-4-12-7-8-14(18-16(12)15)10-9-13-5-1-2-11-17-13;/h1-11,19H;1H/b10-9+;. The second-order valence-corrected chi connectivity index (χ2v) is 4.17. The van der Waals surface area contributed by atoms with E-state index in [4.69, 9.17) is 0 Å². The predicted octanol–water partition coefficient (Wildman–Crippen LogP) is 3.93. The molecule has 0 aliphatic rings. The third-order valence-electron chi connectivity index (χ3n) is 2.83. The van der Waals surface area contributed by atoms with Gasteiger partial charge in [-0.15, -0.1) is 12.4 Å². The molecule has 0 aliphatic heterocycles. The Balaban J connectivity index is 0.00000147. The van der Waals surface area contributed by atoms with E-state index in [1.54, 1.807) is 12.3 Å². The lowest BCUT2D eigenvalue weighted by Gasteiger charge is -2.01. The minimum absolute atomic E-state index is 0. The van der Waals surface area contributed by atoms with Gasteiger partial charge in [-0.2, -0.15) is 0 Å². The summed E-state index contributed by atoms with van der Waals surface area (Å²) in [5.41, 5.74) is 2.28. The van der Waals surface area contributed by atoms with Crippen molar-refractivity contribution in [1.82, 2.24) is 9.97 Å². The van der Waals surface area contributed by atoms with E-state index in [0.29, 0.717) is 5.52 Å². The highest BCUT2D eigenvalue weighted by molar-refractivity contribution is 5.86. The Morgan fingerprint density at radius 2 is 1.70 bits per heavy atom. The number of hydrogen-bond donors (Lipinski definition) is 1. The van der Waals surface area contributed by atoms with Crippen molar-refractivity contribution >= 4 is 35.5 Å². The summed E-state index contributed by atoms with van der Waals surface area (Å²) in [6.07, 6.45) is 5.53. The molecule has 0 bridgehead atoms. The van der Waals surface area contributed by atoms with Gasteiger partial charge in [0.2, 0.25) is 0 Å². The van der Waals surface area contributed by atoms with E-state index in [-0.39, 0.29) is 18.2 Å². The minimum atomic E-state index is 0. The van der Waals surface area contributed by atoms with Gasteiger partial charge in [0.05, 0.1) is 11.4 Å². The second kappa shape index (κ2) is 6.17. The van der Waals surface area contributed by atoms with E-state index < -0.39 is 0 Å². The Morgan fingerprint density at radius 3 is 2.50 bits per heavy atom. The molecule has 20 heavy (non-hydrogen) atoms. The van der Waals surface area contributed by atoms with Crippen molar-refractivity contribution < 1.29 is 5.11 Å². The number of nitrogens with zero attached hydrogens (tertiary/aromatic N) is 2. The highest BCUT2D eigenvalue weighted by Crippen LogP contribution is 2.22. The molecule has 1 aromatic carbocycles. The Kier molecular flexibility index (Phi) is 4.33. The van der Waals surface area contributed by atoms with Crippen molar-refractivity contribution in [2.24, 2.45) is 0 Å². The van der Waals surface area contributed by atoms with Crippen LogP contribution in [-0.4, -0.2) is 15.1 Å². The van der Waals surface area contributed by atoms with Crippen LogP contribution in [0.3, 0.4) is 0 Å². The minimum Gasteiger partial charge on any atom is -0.506 e. The normalized spacial score (nSPS) is 10.6. The lowest BCUT2D eigenvalue weighted by Crippen LogP contribution is -1.84. The number of benzene rings is 1. The first-order chi connectivity index (χ1) is 9.33. The number of pyridine rings is 2. The van der Waals surface area contributed by atoms with Crippen LogP contribution in [0, 0.1) is 0 Å². The molecule has 100 valence electrons. The van der Waals surface area contributed by atoms with Gasteiger partial charge in [0.1, 0.15) is 11.3 Å². The van der Waals surface area contributed by atoms with Gasteiger partial charge in [-0.25, -0.2) is 4.98 Å². The zero-order valence-electron chi connectivity index (χ0n) is 10.6. The first kappa shape index (κ1) is 14.0. The molecule has 1 N–H and O–H groups in total. The number of aromatic nitrogens is 2. The molecule has 3 rings (SSSR count). The summed E-state index contributed by atoms with van der Waals surface area (Å²) in [7, 11) is 0. The number of hydrogen-bond acceptors (Lipinski definition) is 3. The van der Waals surface area contributed by atoms with Crippen LogP contribution in [-0.2, 0) is 0 Å². The van der Waals surface area contributed by atoms with Gasteiger partial charge >= 0.3 is 0 Å². The fourth-order valence-corrected chi connectivity index (χ4v) is 1.88. The lowest BCUT2D eigenvalue weighted by molar-refractivity contribution is 0.480. The Labute approximate surface area is 123 Å². The highest BCUT2D eigenvalue weighted by atomic mass is 35.5. The van der Waals surface area contributed by atoms with Crippen molar-refractivity contribution in [2.45, 2.75) is 0 Å². The molecule has 2 aromatic heterocycles. The largest absolute Gasteiger partial charge is 0.506 e. The van der Waals surface area contributed by atoms with E-state index >= 15 is 0 Å². The molecule has 3 nitrogen and oxygen atoms in total. The van der Waals surface area contributed by atoms with Crippen LogP contribution in [0.5, 0.6) is 5.75 Å². The summed E-state index contributed by atoms with van der Waals surface area (Å²) in [6, 6.07) is 15.0. The first-order valence-electron chi connectivity index (χ1n) is 6.01. The molecular formula is C16H13ClN2O. The van der Waals surface area contributed by atoms with Crippen molar-refractivity contribution in [1.29, 1.82) is 0 Å². The number of phenols is 1. The fraction of sp³-hybridized carbons (Fsp3) is 0. The van der Waals surface area contributed by atoms with Gasteiger partial charge in [-0.1, -0.05) is 24.3 Å². The van der Waals surface area contributed by atoms with Gasteiger partial charge in [-0.3, -0.25) is 4.98 Å². The second-order valence-electron chi connectivity index (χ2n) is 4.17. The zero-order chi connectivity index (χ0) is 13.1. The van der Waals surface area contributed by atoms with Crippen LogP contribution in [0.4, 0.5) is 0 Å². The molecule has 0 amide bonds. The smallest absolute Gasteiger partial charge is 0.141 e. The van der Waals surface area contributed by atoms with E-state index in [2.05, 4.69) is 9.97 Å². The van der Waals surface area contributed by atoms with Crippen molar-refractivity contribution in [3.63, 3.8) is 0 Å². The molecule has 3 aromatic rings. The molecule has 0 saturated carbocycles. The molecule has 2 heterocycles. The fourth-order valence-electron chi connectivity index (χ4n) is 1.88. The molecule has 0 radical (unpaired) electrons. The Hall–Kier alpha value is -2.39. The maximum absolute atomic E-state index is 9.78. The molecule has 0 atom stereocenters. The number of aromatic hydroxyl groups is 1. The Bertz CT molecular complexity index is 742. The number of fused-ring (bicyclic) bond motifs is 1. The van der Waals surface area contributed by atoms with Crippen LogP contribution in [0.2, 0.25) is 0 Å². The highest BCUT2D eigenvalue weighted by Gasteiger charge is 2.00. The zero-order valence-corrected chi connectivity index (χ0v) is 11.4. The number of rotatable bonds is 2. The van der Waals surface area contributed by atoms with E-state index in [9.17, 15) is 5.11 Å². The Morgan fingerprint density at radius 1 is 0.850 bits per heavy atom. The van der Waals surface area contributed by atoms with Gasteiger partial charge in [-0.05, 0) is 36.4 Å². The SMILES string of the molecule is Cl.Oc1cccc2ccc(/C=C/c3ccccn3)nc12. The molecule has 0 unspecified atom stereocenters. The molecular weight excluding hydrogens is 272 g/mol. The number of halogens is 1. The summed E-state index contributed by atoms with van der Waals surface area (Å²) in [5, 5.41) is 10.7. The van der Waals surface area contributed by atoms with E-state index in [1.807, 2.05) is 54.6 Å². The van der Waals surface area contributed by atoms with Crippen molar-refractivity contribution in [3.8, 4) is 5.75 Å². The molecule has 0 spiro atoms. The third kappa shape index (κ3) is 2.95. The predicted molar refractivity (Wildman–Crippen MR) is 83.8 cm³/mol. The van der Waals surface area contributed by atoms with Gasteiger partial charge < -0.3 is 5.11 Å². The van der Waals surface area contributed by atoms with Crippen LogP contribution in [0.15, 0.2) is 54.7 Å². The summed E-state index contributed by atoms with van der Waals surface area (Å²) >= 11 is 0. The van der Waals surface area contributed by atoms with E-state index in [0.717, 1.165) is 16.8 Å². The molecule has 4 heteroatoms. The van der Waals surface area contributed by atoms with Crippen molar-refractivity contribution in [3.05, 3.63) is 66.1 Å². The summed E-state index contributed by atoms with van der Waals surface area (Å²) in [4.78, 5) is 8.63. The van der Waals surface area contributed by atoms with Crippen LogP contribution in [0.25, 0.3) is 23.1 Å². The van der Waals surface area contributed by atoms with Gasteiger partial charge in [0.25, 0.3) is 0 Å². The molecule has 0 fully saturated rings. The van der Waals surface area contributed by atoms with Crippen molar-refractivity contribution in [2.75, 3.05) is 0 Å². The molecule has 0 aliphatic carbocycles. The topological polar surface area (TPSA) is 46.0 Å².